The highest BCUT2D eigenvalue weighted by Gasteiger charge is 2.35. The van der Waals surface area contributed by atoms with Crippen LogP contribution in [0.15, 0.2) is 63.3 Å². The van der Waals surface area contributed by atoms with Gasteiger partial charge in [-0.1, -0.05) is 49.0 Å². The first kappa shape index (κ1) is 16.5. The van der Waals surface area contributed by atoms with Gasteiger partial charge in [0.25, 0.3) is 0 Å². The standard InChI is InChI=1S/C18H19N3O2S/c1-3-16(14-8-5-4-6-9-14)19-20-18-21(17(22)13(2)24-18)12-15-10-7-11-23-15/h4-11,13H,3,12H2,1-2H3/b19-16-,20-18+/t13-/m0/s1. The lowest BCUT2D eigenvalue weighted by Gasteiger charge is -2.13. The van der Waals surface area contributed by atoms with Gasteiger partial charge in [-0.15, -0.1) is 5.10 Å². The zero-order valence-electron chi connectivity index (χ0n) is 13.7. The van der Waals surface area contributed by atoms with Crippen LogP contribution in [0.5, 0.6) is 0 Å². The SMILES string of the molecule is CC/C(=N/N=C1/S[C@@H](C)C(=O)N1Cc1ccco1)c1ccccc1. The van der Waals surface area contributed by atoms with Crippen molar-refractivity contribution < 1.29 is 9.21 Å². The van der Waals surface area contributed by atoms with Gasteiger partial charge in [0.1, 0.15) is 5.76 Å². The van der Waals surface area contributed by atoms with Gasteiger partial charge in [0.05, 0.1) is 23.8 Å². The summed E-state index contributed by atoms with van der Waals surface area (Å²) in [6.45, 7) is 4.30. The summed E-state index contributed by atoms with van der Waals surface area (Å²) < 4.78 is 5.35. The molecule has 1 aromatic carbocycles. The Morgan fingerprint density at radius 3 is 2.71 bits per heavy atom. The fourth-order valence-corrected chi connectivity index (χ4v) is 3.35. The molecule has 0 spiro atoms. The molecule has 0 saturated carbocycles. The Morgan fingerprint density at radius 2 is 2.04 bits per heavy atom. The van der Waals surface area contributed by atoms with Crippen LogP contribution in [0.1, 0.15) is 31.6 Å². The molecule has 0 bridgehead atoms. The van der Waals surface area contributed by atoms with Gasteiger partial charge in [-0.2, -0.15) is 5.10 Å². The van der Waals surface area contributed by atoms with Crippen molar-refractivity contribution in [3.05, 3.63) is 60.1 Å². The van der Waals surface area contributed by atoms with Crippen LogP contribution in [0.3, 0.4) is 0 Å². The van der Waals surface area contributed by atoms with Gasteiger partial charge in [-0.25, -0.2) is 0 Å². The molecule has 6 heteroatoms. The highest BCUT2D eigenvalue weighted by Crippen LogP contribution is 2.28. The van der Waals surface area contributed by atoms with Crippen LogP contribution in [-0.2, 0) is 11.3 Å². The van der Waals surface area contributed by atoms with E-state index in [0.717, 1.165) is 23.5 Å². The third-order valence-electron chi connectivity index (χ3n) is 3.72. The molecule has 1 fully saturated rings. The van der Waals surface area contributed by atoms with Crippen LogP contribution in [0.2, 0.25) is 0 Å². The Bertz CT molecular complexity index is 754. The first-order chi connectivity index (χ1) is 11.7. The highest BCUT2D eigenvalue weighted by molar-refractivity contribution is 8.15. The quantitative estimate of drug-likeness (QED) is 0.612. The predicted molar refractivity (Wildman–Crippen MR) is 97.0 cm³/mol. The van der Waals surface area contributed by atoms with Crippen LogP contribution in [-0.4, -0.2) is 26.9 Å². The molecule has 0 unspecified atom stereocenters. The van der Waals surface area contributed by atoms with E-state index in [9.17, 15) is 4.79 Å². The molecule has 1 atom stereocenters. The predicted octanol–water partition coefficient (Wildman–Crippen LogP) is 3.91. The van der Waals surface area contributed by atoms with Crippen LogP contribution < -0.4 is 0 Å². The van der Waals surface area contributed by atoms with E-state index in [4.69, 9.17) is 4.42 Å². The lowest BCUT2D eigenvalue weighted by molar-refractivity contribution is -0.126. The van der Waals surface area contributed by atoms with Crippen LogP contribution in [0, 0.1) is 0 Å². The molecule has 2 aromatic rings. The van der Waals surface area contributed by atoms with Crippen molar-refractivity contribution in [2.24, 2.45) is 10.2 Å². The topological polar surface area (TPSA) is 58.2 Å². The van der Waals surface area contributed by atoms with Crippen LogP contribution in [0.4, 0.5) is 0 Å². The Morgan fingerprint density at radius 1 is 1.25 bits per heavy atom. The fraction of sp³-hybridized carbons (Fsp3) is 0.278. The van der Waals surface area contributed by atoms with Gasteiger partial charge in [0.15, 0.2) is 5.17 Å². The van der Waals surface area contributed by atoms with Crippen molar-refractivity contribution >= 4 is 28.5 Å². The molecule has 24 heavy (non-hydrogen) atoms. The van der Waals surface area contributed by atoms with Crippen molar-refractivity contribution in [3.63, 3.8) is 0 Å². The minimum atomic E-state index is -0.157. The van der Waals surface area contributed by atoms with Crippen LogP contribution >= 0.6 is 11.8 Å². The molecule has 3 rings (SSSR count). The van der Waals surface area contributed by atoms with E-state index in [-0.39, 0.29) is 11.2 Å². The fourth-order valence-electron chi connectivity index (χ4n) is 2.43. The van der Waals surface area contributed by atoms with Crippen molar-refractivity contribution in [2.75, 3.05) is 0 Å². The third-order valence-corrected chi connectivity index (χ3v) is 4.79. The molecule has 1 aliphatic rings. The smallest absolute Gasteiger partial charge is 0.242 e. The van der Waals surface area contributed by atoms with E-state index in [2.05, 4.69) is 10.2 Å². The third kappa shape index (κ3) is 3.59. The molecule has 0 aliphatic carbocycles. The van der Waals surface area contributed by atoms with Gasteiger partial charge in [0.2, 0.25) is 5.91 Å². The highest BCUT2D eigenvalue weighted by atomic mass is 32.2. The molecule has 2 heterocycles. The van der Waals surface area contributed by atoms with Gasteiger partial charge in [-0.3, -0.25) is 9.69 Å². The second-order valence-corrected chi connectivity index (χ2v) is 6.72. The van der Waals surface area contributed by atoms with Gasteiger partial charge >= 0.3 is 0 Å². The number of thioether (sulfide) groups is 1. The molecule has 1 aromatic heterocycles. The van der Waals surface area contributed by atoms with E-state index in [0.29, 0.717) is 11.7 Å². The minimum Gasteiger partial charge on any atom is -0.467 e. The molecule has 5 nitrogen and oxygen atoms in total. The summed E-state index contributed by atoms with van der Waals surface area (Å²) in [5.41, 5.74) is 1.94. The Balaban J connectivity index is 1.86. The Labute approximate surface area is 145 Å². The summed E-state index contributed by atoms with van der Waals surface area (Å²) in [6, 6.07) is 13.6. The van der Waals surface area contributed by atoms with E-state index in [1.54, 1.807) is 11.2 Å². The van der Waals surface area contributed by atoms with E-state index >= 15 is 0 Å². The lowest BCUT2D eigenvalue weighted by atomic mass is 10.1. The lowest BCUT2D eigenvalue weighted by Crippen LogP contribution is -2.30. The first-order valence-electron chi connectivity index (χ1n) is 7.89. The van der Waals surface area contributed by atoms with Crippen LogP contribution in [0.25, 0.3) is 0 Å². The monoisotopic (exact) mass is 341 g/mol. The number of furan rings is 1. The summed E-state index contributed by atoms with van der Waals surface area (Å²) in [5, 5.41) is 9.23. The van der Waals surface area contributed by atoms with Crippen molar-refractivity contribution in [1.29, 1.82) is 0 Å². The normalized spacial score (nSPS) is 20.2. The molecular weight excluding hydrogens is 322 g/mol. The second kappa shape index (κ2) is 7.49. The number of rotatable bonds is 5. The number of carbonyl (C=O) groups is 1. The van der Waals surface area contributed by atoms with Gasteiger partial charge in [0, 0.05) is 0 Å². The molecular formula is C18H19N3O2S. The van der Waals surface area contributed by atoms with E-state index in [1.807, 2.05) is 56.3 Å². The number of hydrogen-bond acceptors (Lipinski definition) is 5. The average Bonchev–Trinajstić information content (AvgIpc) is 3.21. The van der Waals surface area contributed by atoms with Gasteiger partial charge in [-0.05, 0) is 31.0 Å². The number of nitrogens with zero attached hydrogens (tertiary/aromatic N) is 3. The Hall–Kier alpha value is -2.34. The number of hydrogen-bond donors (Lipinski definition) is 0. The Kier molecular flexibility index (Phi) is 5.15. The summed E-state index contributed by atoms with van der Waals surface area (Å²) in [6.07, 6.45) is 2.37. The summed E-state index contributed by atoms with van der Waals surface area (Å²) >= 11 is 1.43. The van der Waals surface area contributed by atoms with Crippen molar-refractivity contribution in [1.82, 2.24) is 4.90 Å². The number of carbonyl (C=O) groups excluding carboxylic acids is 1. The summed E-state index contributed by atoms with van der Waals surface area (Å²) in [7, 11) is 0. The zero-order valence-corrected chi connectivity index (χ0v) is 14.5. The molecule has 1 saturated heterocycles. The van der Waals surface area contributed by atoms with E-state index < -0.39 is 0 Å². The van der Waals surface area contributed by atoms with Crippen molar-refractivity contribution in [3.8, 4) is 0 Å². The number of amides is 1. The molecule has 0 N–H and O–H groups in total. The molecule has 0 radical (unpaired) electrons. The van der Waals surface area contributed by atoms with E-state index in [1.165, 1.54) is 11.8 Å². The van der Waals surface area contributed by atoms with Gasteiger partial charge < -0.3 is 4.42 Å². The van der Waals surface area contributed by atoms with Crippen molar-refractivity contribution in [2.45, 2.75) is 32.1 Å². The maximum absolute atomic E-state index is 12.4. The molecule has 1 aliphatic heterocycles. The average molecular weight is 341 g/mol. The summed E-state index contributed by atoms with van der Waals surface area (Å²) in [5.74, 6) is 0.761. The summed E-state index contributed by atoms with van der Waals surface area (Å²) in [4.78, 5) is 14.0. The maximum atomic E-state index is 12.4. The largest absolute Gasteiger partial charge is 0.467 e. The molecule has 1 amide bonds. The second-order valence-electron chi connectivity index (χ2n) is 5.41. The zero-order chi connectivity index (χ0) is 16.9. The molecule has 124 valence electrons. The minimum absolute atomic E-state index is 0.0307. The number of amidine groups is 1. The first-order valence-corrected chi connectivity index (χ1v) is 8.77. The number of benzene rings is 1. The maximum Gasteiger partial charge on any atom is 0.242 e.